The molecule has 0 spiro atoms. The van der Waals surface area contributed by atoms with Crippen LogP contribution in [0.3, 0.4) is 0 Å². The van der Waals surface area contributed by atoms with Gasteiger partial charge in [0.2, 0.25) is 0 Å². The highest BCUT2D eigenvalue weighted by molar-refractivity contribution is 9.15. The van der Waals surface area contributed by atoms with Crippen molar-refractivity contribution >= 4 is 95.6 Å². The zero-order valence-corrected chi connectivity index (χ0v) is 19.5. The molecule has 1 fully saturated rings. The molecule has 0 heterocycles. The van der Waals surface area contributed by atoms with Gasteiger partial charge in [0.05, 0.1) is 0 Å². The maximum atomic E-state index is 3.84. The molecule has 0 amide bonds. The highest BCUT2D eigenvalue weighted by Crippen LogP contribution is 2.37. The first-order valence-electron chi connectivity index (χ1n) is 6.29. The monoisotopic (exact) mass is 636 g/mol. The summed E-state index contributed by atoms with van der Waals surface area (Å²) >= 11 is 23.0. The average Bonchev–Trinajstić information content (AvgIpc) is 2.37. The molecular formula is C12H18Br6. The van der Waals surface area contributed by atoms with E-state index in [9.17, 15) is 0 Å². The molecule has 0 saturated heterocycles. The topological polar surface area (TPSA) is 0 Å². The summed E-state index contributed by atoms with van der Waals surface area (Å²) in [5, 5.41) is 0. The highest BCUT2D eigenvalue weighted by Gasteiger charge is 2.35. The molecule has 1 saturated carbocycles. The van der Waals surface area contributed by atoms with Crippen molar-refractivity contribution in [2.24, 2.45) is 0 Å². The van der Waals surface area contributed by atoms with Crippen LogP contribution in [0.15, 0.2) is 0 Å². The lowest BCUT2D eigenvalue weighted by Gasteiger charge is -2.31. The first kappa shape index (κ1) is 18.9. The Bertz CT molecular complexity index is 213. The van der Waals surface area contributed by atoms with Gasteiger partial charge >= 0.3 is 0 Å². The van der Waals surface area contributed by atoms with E-state index in [1.165, 1.54) is 38.5 Å². The van der Waals surface area contributed by atoms with Gasteiger partial charge in [0.1, 0.15) is 0 Å². The summed E-state index contributed by atoms with van der Waals surface area (Å²) in [6, 6.07) is 0. The Morgan fingerprint density at radius 3 is 1.11 bits per heavy atom. The normalized spacial score (nSPS) is 45.0. The number of rotatable bonds is 0. The minimum Gasteiger partial charge on any atom is -0.0878 e. The maximum Gasteiger partial charge on any atom is 0.0418 e. The molecule has 6 atom stereocenters. The number of hydrogen-bond acceptors (Lipinski definition) is 0. The van der Waals surface area contributed by atoms with Gasteiger partial charge in [-0.1, -0.05) is 121 Å². The summed E-state index contributed by atoms with van der Waals surface area (Å²) in [7, 11) is 0. The Morgan fingerprint density at radius 2 is 0.778 bits per heavy atom. The van der Waals surface area contributed by atoms with Crippen LogP contribution in [0, 0.1) is 0 Å². The van der Waals surface area contributed by atoms with Crippen molar-refractivity contribution in [3.05, 3.63) is 0 Å². The standard InChI is InChI=1S/C12H18Br6/c13-7-5-3-1-2-4-6-8(14)10(16)12(18)11(17)9(7)15/h7-12H,1-6H2/t7-,8-,9+,10+,11-,12+/m0/s1. The van der Waals surface area contributed by atoms with Crippen LogP contribution in [-0.4, -0.2) is 29.0 Å². The predicted octanol–water partition coefficient (Wildman–Crippen LogP) is 6.92. The molecule has 1 aliphatic rings. The van der Waals surface area contributed by atoms with Crippen LogP contribution >= 0.6 is 95.6 Å². The van der Waals surface area contributed by atoms with Crippen molar-refractivity contribution in [1.82, 2.24) is 0 Å². The molecule has 1 rings (SSSR count). The number of alkyl halides is 6. The third-order valence-corrected chi connectivity index (χ3v) is 13.6. The van der Waals surface area contributed by atoms with Crippen LogP contribution in [0.5, 0.6) is 0 Å². The van der Waals surface area contributed by atoms with E-state index in [-0.39, 0.29) is 0 Å². The Labute approximate surface area is 161 Å². The minimum absolute atomic E-state index is 0.394. The van der Waals surface area contributed by atoms with E-state index in [2.05, 4.69) is 95.6 Å². The molecule has 0 N–H and O–H groups in total. The number of halogens is 6. The summed E-state index contributed by atoms with van der Waals surface area (Å²) in [5.74, 6) is 0. The Balaban J connectivity index is 2.71. The molecule has 1 aliphatic carbocycles. The maximum absolute atomic E-state index is 3.84. The minimum atomic E-state index is 0.394. The molecule has 18 heavy (non-hydrogen) atoms. The zero-order valence-electron chi connectivity index (χ0n) is 9.97. The van der Waals surface area contributed by atoms with Crippen molar-refractivity contribution in [2.75, 3.05) is 0 Å². The summed E-state index contributed by atoms with van der Waals surface area (Å²) in [6.07, 6.45) is 7.80. The van der Waals surface area contributed by atoms with Gasteiger partial charge in [-0.3, -0.25) is 0 Å². The second kappa shape index (κ2) is 9.81. The predicted molar refractivity (Wildman–Crippen MR) is 104 cm³/mol. The molecule has 0 aliphatic heterocycles. The number of hydrogen-bond donors (Lipinski definition) is 0. The molecule has 0 bridgehead atoms. The molecule has 0 aromatic rings. The van der Waals surface area contributed by atoms with Crippen LogP contribution in [0.1, 0.15) is 38.5 Å². The summed E-state index contributed by atoms with van der Waals surface area (Å²) in [6.45, 7) is 0. The molecule has 6 heteroatoms. The lowest BCUT2D eigenvalue weighted by Crippen LogP contribution is -2.39. The third-order valence-electron chi connectivity index (χ3n) is 3.31. The van der Waals surface area contributed by atoms with Crippen LogP contribution in [0.4, 0.5) is 0 Å². The quantitative estimate of drug-likeness (QED) is 0.252. The molecule has 108 valence electrons. The van der Waals surface area contributed by atoms with Crippen LogP contribution in [-0.2, 0) is 0 Å². The van der Waals surface area contributed by atoms with Gasteiger partial charge < -0.3 is 0 Å². The first-order valence-corrected chi connectivity index (χ1v) is 11.8. The van der Waals surface area contributed by atoms with E-state index in [4.69, 9.17) is 0 Å². The molecule has 0 aromatic carbocycles. The molecule has 0 radical (unpaired) electrons. The zero-order chi connectivity index (χ0) is 13.7. The molecular weight excluding hydrogens is 624 g/mol. The third kappa shape index (κ3) is 5.94. The fourth-order valence-electron chi connectivity index (χ4n) is 2.10. The van der Waals surface area contributed by atoms with Crippen LogP contribution in [0.25, 0.3) is 0 Å². The Hall–Kier alpha value is 2.88. The lowest BCUT2D eigenvalue weighted by molar-refractivity contribution is 0.549. The van der Waals surface area contributed by atoms with Crippen LogP contribution < -0.4 is 0 Å². The summed E-state index contributed by atoms with van der Waals surface area (Å²) in [4.78, 5) is 2.70. The molecule has 0 unspecified atom stereocenters. The van der Waals surface area contributed by atoms with Crippen molar-refractivity contribution in [2.45, 2.75) is 67.5 Å². The Morgan fingerprint density at radius 1 is 0.444 bits per heavy atom. The lowest BCUT2D eigenvalue weighted by atomic mass is 10.0. The van der Waals surface area contributed by atoms with E-state index in [0.717, 1.165) is 0 Å². The van der Waals surface area contributed by atoms with Gasteiger partial charge in [-0.25, -0.2) is 0 Å². The average molecular weight is 642 g/mol. The van der Waals surface area contributed by atoms with Crippen molar-refractivity contribution in [3.8, 4) is 0 Å². The fourth-order valence-corrected chi connectivity index (χ4v) is 7.63. The smallest absolute Gasteiger partial charge is 0.0418 e. The van der Waals surface area contributed by atoms with Crippen molar-refractivity contribution in [1.29, 1.82) is 0 Å². The van der Waals surface area contributed by atoms with Gasteiger partial charge in [0.25, 0.3) is 0 Å². The Kier molecular flexibility index (Phi) is 10.3. The van der Waals surface area contributed by atoms with Crippen molar-refractivity contribution in [3.63, 3.8) is 0 Å². The second-order valence-electron chi connectivity index (χ2n) is 4.80. The first-order chi connectivity index (χ1) is 8.45. The van der Waals surface area contributed by atoms with Gasteiger partial charge in [-0.05, 0) is 12.8 Å². The van der Waals surface area contributed by atoms with Gasteiger partial charge in [-0.15, -0.1) is 0 Å². The largest absolute Gasteiger partial charge is 0.0878 e. The van der Waals surface area contributed by atoms with E-state index >= 15 is 0 Å². The van der Waals surface area contributed by atoms with Gasteiger partial charge in [0, 0.05) is 29.0 Å². The molecule has 0 nitrogen and oxygen atoms in total. The van der Waals surface area contributed by atoms with E-state index in [0.29, 0.717) is 29.0 Å². The van der Waals surface area contributed by atoms with Gasteiger partial charge in [-0.2, -0.15) is 0 Å². The molecule has 0 aromatic heterocycles. The van der Waals surface area contributed by atoms with Crippen molar-refractivity contribution < 1.29 is 0 Å². The summed E-state index contributed by atoms with van der Waals surface area (Å²) < 4.78 is 0. The fraction of sp³-hybridized carbons (Fsp3) is 1.00. The van der Waals surface area contributed by atoms with Crippen LogP contribution in [0.2, 0.25) is 0 Å². The SMILES string of the molecule is Br[C@@H]1[C@H](Br)[C@H](Br)[C@@H](Br)CCCCCC[C@H](Br)[C@H]1Br. The van der Waals surface area contributed by atoms with Gasteiger partial charge in [0.15, 0.2) is 0 Å². The second-order valence-corrected chi connectivity index (χ2v) is 11.4. The summed E-state index contributed by atoms with van der Waals surface area (Å²) in [5.41, 5.74) is 0. The van der Waals surface area contributed by atoms with E-state index < -0.39 is 0 Å². The van der Waals surface area contributed by atoms with E-state index in [1.54, 1.807) is 0 Å². The van der Waals surface area contributed by atoms with E-state index in [1.807, 2.05) is 0 Å². The highest BCUT2D eigenvalue weighted by atomic mass is 79.9.